The molecule has 2 atom stereocenters. The number of phenolic OH excluding ortho intramolecular Hbond substituents is 2. The highest BCUT2D eigenvalue weighted by atomic mass is 16.6. The molecule has 0 unspecified atom stereocenters. The predicted octanol–water partition coefficient (Wildman–Crippen LogP) is 5.76. The summed E-state index contributed by atoms with van der Waals surface area (Å²) in [5.74, 6) is 0.887. The SMILES string of the molecule is CC(C)c1cc(C(=O)N2Cc3ccc(CN4CCC(N5CCN(C(=O)CCC(=O)NCCCC[C@H](Nc6ccc7c(c6)OCCn6cc(N8C(=O)OC[C@H]8C(C)C)nc6-7)C(N)=O)CC5)CC4)cc3C2)c(O)cc1O. The van der Waals surface area contributed by atoms with Crippen molar-refractivity contribution in [1.29, 1.82) is 0 Å². The summed E-state index contributed by atoms with van der Waals surface area (Å²) in [4.78, 5) is 79.6. The Morgan fingerprint density at radius 1 is 0.838 bits per heavy atom. The third-order valence-electron chi connectivity index (χ3n) is 15.4. The number of fused-ring (bicyclic) bond motifs is 4. The Morgan fingerprint density at radius 2 is 1.61 bits per heavy atom. The molecule has 0 bridgehead atoms. The van der Waals surface area contributed by atoms with Crippen LogP contribution in [0.4, 0.5) is 16.3 Å². The van der Waals surface area contributed by atoms with Crippen molar-refractivity contribution in [2.75, 3.05) is 69.2 Å². The van der Waals surface area contributed by atoms with Gasteiger partial charge in [0.25, 0.3) is 5.91 Å². The Balaban J connectivity index is 0.649. The lowest BCUT2D eigenvalue weighted by molar-refractivity contribution is -0.135. The molecule has 0 saturated carbocycles. The first-order valence-corrected chi connectivity index (χ1v) is 26.4. The van der Waals surface area contributed by atoms with Crippen LogP contribution >= 0.6 is 0 Å². The lowest BCUT2D eigenvalue weighted by Crippen LogP contribution is -2.54. The average molecular weight is 1020 g/mol. The summed E-state index contributed by atoms with van der Waals surface area (Å²) >= 11 is 0. The van der Waals surface area contributed by atoms with Crippen molar-refractivity contribution >= 4 is 41.2 Å². The number of hydrogen-bond donors (Lipinski definition) is 5. The van der Waals surface area contributed by atoms with E-state index in [2.05, 4.69) is 52.5 Å². The number of anilines is 2. The van der Waals surface area contributed by atoms with Crippen LogP contribution in [0.25, 0.3) is 11.4 Å². The summed E-state index contributed by atoms with van der Waals surface area (Å²) < 4.78 is 13.4. The second kappa shape index (κ2) is 22.7. The minimum Gasteiger partial charge on any atom is -0.508 e. The molecule has 5 amide bonds. The number of ether oxygens (including phenoxy) is 2. The molecule has 396 valence electrons. The van der Waals surface area contributed by atoms with Crippen molar-refractivity contribution in [3.05, 3.63) is 82.5 Å². The van der Waals surface area contributed by atoms with E-state index in [1.165, 1.54) is 11.6 Å². The first-order valence-electron chi connectivity index (χ1n) is 26.4. The van der Waals surface area contributed by atoms with Gasteiger partial charge in [0, 0.05) is 95.3 Å². The molecule has 9 rings (SSSR count). The standard InChI is InChI=1S/C55H72N10O9/c1-34(2)42-27-43(47(67)28-46(42)66)54(71)64-30-37-9-8-36(25-38(37)31-64)29-60-17-14-40(15-18-60)61-19-21-62(22-20-61)51(69)13-12-50(68)57-16-6-5-7-44(52(56)70)58-39-10-11-41-48(26-39)73-24-23-63-32-49(59-53(41)63)65-45(35(3)4)33-74-55(65)72/h8-11,25-28,32,34-35,40,44-45,58,66-67H,5-7,12-24,29-31,33H2,1-4H3,(H2,56,70)(H,57,68)/t44-,45-/m0/s1. The Kier molecular flexibility index (Phi) is 16.0. The van der Waals surface area contributed by atoms with Gasteiger partial charge in [0.05, 0.1) is 23.7 Å². The van der Waals surface area contributed by atoms with E-state index < -0.39 is 18.0 Å². The van der Waals surface area contributed by atoms with Gasteiger partial charge in [-0.25, -0.2) is 9.78 Å². The van der Waals surface area contributed by atoms with Crippen LogP contribution in [0.5, 0.6) is 17.2 Å². The average Bonchev–Trinajstić information content (AvgIpc) is 4.09. The van der Waals surface area contributed by atoms with Gasteiger partial charge in [-0.1, -0.05) is 45.9 Å². The van der Waals surface area contributed by atoms with Gasteiger partial charge in [0.2, 0.25) is 17.7 Å². The number of rotatable bonds is 18. The monoisotopic (exact) mass is 1020 g/mol. The lowest BCUT2D eigenvalue weighted by atomic mass is 9.98. The number of unbranched alkanes of at least 4 members (excludes halogenated alkanes) is 1. The van der Waals surface area contributed by atoms with E-state index in [0.717, 1.165) is 62.3 Å². The molecule has 3 saturated heterocycles. The van der Waals surface area contributed by atoms with Gasteiger partial charge < -0.3 is 50.4 Å². The summed E-state index contributed by atoms with van der Waals surface area (Å²) in [7, 11) is 0. The number of carbonyl (C=O) groups excluding carboxylic acids is 5. The topological polar surface area (TPSA) is 228 Å². The number of aromatic nitrogens is 2. The second-order valence-electron chi connectivity index (χ2n) is 21.2. The molecule has 5 aliphatic heterocycles. The molecule has 3 fully saturated rings. The number of aromatic hydroxyl groups is 2. The smallest absolute Gasteiger partial charge is 0.415 e. The zero-order valence-corrected chi connectivity index (χ0v) is 43.2. The number of nitrogens with one attached hydrogen (secondary N) is 2. The van der Waals surface area contributed by atoms with E-state index in [-0.39, 0.29) is 65.5 Å². The minimum atomic E-state index is -0.643. The minimum absolute atomic E-state index is 0.00258. The maximum Gasteiger partial charge on any atom is 0.415 e. The second-order valence-corrected chi connectivity index (χ2v) is 21.2. The maximum absolute atomic E-state index is 13.5. The third-order valence-corrected chi connectivity index (χ3v) is 15.4. The summed E-state index contributed by atoms with van der Waals surface area (Å²) in [6, 6.07) is 14.6. The van der Waals surface area contributed by atoms with Crippen molar-refractivity contribution in [3.8, 4) is 28.6 Å². The van der Waals surface area contributed by atoms with Gasteiger partial charge in [0.15, 0.2) is 5.82 Å². The first kappa shape index (κ1) is 52.0. The fourth-order valence-electron chi connectivity index (χ4n) is 11.0. The number of imidazole rings is 1. The van der Waals surface area contributed by atoms with E-state index in [1.807, 2.05) is 47.7 Å². The number of nitrogens with zero attached hydrogens (tertiary/aromatic N) is 7. The number of phenols is 2. The van der Waals surface area contributed by atoms with E-state index in [0.29, 0.717) is 106 Å². The van der Waals surface area contributed by atoms with E-state index in [4.69, 9.17) is 20.2 Å². The number of nitrogens with two attached hydrogens (primary N) is 1. The fraction of sp³-hybridized carbons (Fsp3) is 0.527. The Hall–Kier alpha value is -6.86. The van der Waals surface area contributed by atoms with Crippen molar-refractivity contribution in [3.63, 3.8) is 0 Å². The van der Waals surface area contributed by atoms with Crippen LogP contribution in [0.15, 0.2) is 54.7 Å². The number of amides is 5. The van der Waals surface area contributed by atoms with Crippen molar-refractivity contribution in [2.45, 2.75) is 123 Å². The Bertz CT molecular complexity index is 2730. The molecule has 6 heterocycles. The number of piperidine rings is 1. The van der Waals surface area contributed by atoms with Crippen LogP contribution in [-0.2, 0) is 45.3 Å². The molecule has 19 heteroatoms. The van der Waals surface area contributed by atoms with Crippen LogP contribution in [0.3, 0.4) is 0 Å². The number of benzene rings is 3. The molecule has 74 heavy (non-hydrogen) atoms. The largest absolute Gasteiger partial charge is 0.508 e. The normalized spacial score (nSPS) is 18.6. The molecule has 0 radical (unpaired) electrons. The van der Waals surface area contributed by atoms with E-state index in [9.17, 15) is 34.2 Å². The highest BCUT2D eigenvalue weighted by molar-refractivity contribution is 5.97. The summed E-state index contributed by atoms with van der Waals surface area (Å²) in [5.41, 5.74) is 11.5. The van der Waals surface area contributed by atoms with Crippen LogP contribution in [0, 0.1) is 5.92 Å². The molecular weight excluding hydrogens is 945 g/mol. The molecule has 6 N–H and O–H groups in total. The van der Waals surface area contributed by atoms with Crippen molar-refractivity contribution in [2.24, 2.45) is 11.7 Å². The molecule has 19 nitrogen and oxygen atoms in total. The quantitative estimate of drug-likeness (QED) is 0.0749. The van der Waals surface area contributed by atoms with Gasteiger partial charge in [-0.2, -0.15) is 0 Å². The lowest BCUT2D eigenvalue weighted by Gasteiger charge is -2.42. The molecular formula is C55H72N10O9. The van der Waals surface area contributed by atoms with Crippen molar-refractivity contribution < 1.29 is 43.7 Å². The number of likely N-dealkylation sites (tertiary alicyclic amines) is 1. The fourth-order valence-corrected chi connectivity index (χ4v) is 11.0. The zero-order chi connectivity index (χ0) is 52.2. The highest BCUT2D eigenvalue weighted by Gasteiger charge is 2.39. The molecule has 4 aromatic rings. The molecule has 0 aliphatic carbocycles. The van der Waals surface area contributed by atoms with Gasteiger partial charge in [0.1, 0.15) is 42.3 Å². The van der Waals surface area contributed by atoms with E-state index >= 15 is 0 Å². The molecule has 0 spiro atoms. The molecule has 3 aromatic carbocycles. The van der Waals surface area contributed by atoms with Crippen LogP contribution in [-0.4, -0.2) is 146 Å². The Morgan fingerprint density at radius 3 is 2.35 bits per heavy atom. The van der Waals surface area contributed by atoms with Crippen LogP contribution < -0.4 is 26.0 Å². The highest BCUT2D eigenvalue weighted by Crippen LogP contribution is 2.38. The first-order chi connectivity index (χ1) is 35.6. The number of carbonyl (C=O) groups is 5. The summed E-state index contributed by atoms with van der Waals surface area (Å²) in [5, 5.41) is 27.0. The van der Waals surface area contributed by atoms with Gasteiger partial charge in [-0.3, -0.25) is 33.9 Å². The zero-order valence-electron chi connectivity index (χ0n) is 43.2. The van der Waals surface area contributed by atoms with Gasteiger partial charge in [-0.05, 0) is 97.5 Å². The van der Waals surface area contributed by atoms with E-state index in [1.54, 1.807) is 15.9 Å². The van der Waals surface area contributed by atoms with Crippen LogP contribution in [0.2, 0.25) is 0 Å². The number of piperazine rings is 1. The summed E-state index contributed by atoms with van der Waals surface area (Å²) in [6.45, 7) is 16.3. The summed E-state index contributed by atoms with van der Waals surface area (Å²) in [6.07, 6.45) is 5.58. The Labute approximate surface area is 432 Å². The molecule has 5 aliphatic rings. The van der Waals surface area contributed by atoms with Gasteiger partial charge in [-0.15, -0.1) is 0 Å². The maximum atomic E-state index is 13.5. The van der Waals surface area contributed by atoms with Gasteiger partial charge >= 0.3 is 6.09 Å². The van der Waals surface area contributed by atoms with Crippen LogP contribution in [0.1, 0.15) is 111 Å². The predicted molar refractivity (Wildman–Crippen MR) is 279 cm³/mol. The van der Waals surface area contributed by atoms with Crippen molar-refractivity contribution in [1.82, 2.24) is 34.5 Å². The number of primary amides is 1. The third kappa shape index (κ3) is 11.7. The number of cyclic esters (lactones) is 1. The number of hydrogen-bond acceptors (Lipinski definition) is 13. The molecule has 1 aromatic heterocycles.